The summed E-state index contributed by atoms with van der Waals surface area (Å²) in [6, 6.07) is 7.28. The SMILES string of the molecule is Clc1ccc(Br)cc1NC1CCCCC1C1CCCCN1. The monoisotopic (exact) mass is 370 g/mol. The van der Waals surface area contributed by atoms with Crippen LogP contribution in [0.2, 0.25) is 5.02 Å². The smallest absolute Gasteiger partial charge is 0.0638 e. The molecule has 1 aliphatic heterocycles. The van der Waals surface area contributed by atoms with Crippen molar-refractivity contribution in [2.45, 2.75) is 57.0 Å². The first-order chi connectivity index (χ1) is 10.2. The summed E-state index contributed by atoms with van der Waals surface area (Å²) in [6.45, 7) is 1.19. The predicted molar refractivity (Wildman–Crippen MR) is 94.2 cm³/mol. The number of hydrogen-bond donors (Lipinski definition) is 2. The van der Waals surface area contributed by atoms with Crippen molar-refractivity contribution in [3.8, 4) is 0 Å². The molecule has 3 atom stereocenters. The Morgan fingerprint density at radius 3 is 2.71 bits per heavy atom. The highest BCUT2D eigenvalue weighted by atomic mass is 79.9. The zero-order chi connectivity index (χ0) is 14.7. The Balaban J connectivity index is 1.73. The molecule has 3 unspecified atom stereocenters. The number of rotatable bonds is 3. The van der Waals surface area contributed by atoms with Crippen molar-refractivity contribution in [2.24, 2.45) is 5.92 Å². The lowest BCUT2D eigenvalue weighted by Crippen LogP contribution is -2.48. The van der Waals surface area contributed by atoms with Gasteiger partial charge in [-0.1, -0.05) is 46.8 Å². The molecule has 2 aliphatic rings. The lowest BCUT2D eigenvalue weighted by Gasteiger charge is -2.40. The van der Waals surface area contributed by atoms with Gasteiger partial charge in [-0.05, 0) is 56.3 Å². The number of piperidine rings is 1. The topological polar surface area (TPSA) is 24.1 Å². The molecule has 0 aromatic heterocycles. The van der Waals surface area contributed by atoms with Gasteiger partial charge in [0.05, 0.1) is 10.7 Å². The zero-order valence-corrected chi connectivity index (χ0v) is 14.7. The van der Waals surface area contributed by atoms with Crippen molar-refractivity contribution in [3.05, 3.63) is 27.7 Å². The van der Waals surface area contributed by atoms with Crippen LogP contribution in [-0.4, -0.2) is 18.6 Å². The molecule has 2 N–H and O–H groups in total. The van der Waals surface area contributed by atoms with E-state index in [4.69, 9.17) is 11.6 Å². The minimum atomic E-state index is 0.543. The van der Waals surface area contributed by atoms with Crippen LogP contribution in [0.1, 0.15) is 44.9 Å². The molecule has 1 aliphatic carbocycles. The summed E-state index contributed by atoms with van der Waals surface area (Å²) in [5.74, 6) is 0.731. The molecule has 2 nitrogen and oxygen atoms in total. The first-order valence-electron chi connectivity index (χ1n) is 8.19. The van der Waals surface area contributed by atoms with Gasteiger partial charge in [0, 0.05) is 16.6 Å². The minimum absolute atomic E-state index is 0.543. The zero-order valence-electron chi connectivity index (χ0n) is 12.4. The van der Waals surface area contributed by atoms with Crippen LogP contribution in [0.3, 0.4) is 0 Å². The van der Waals surface area contributed by atoms with E-state index in [-0.39, 0.29) is 0 Å². The minimum Gasteiger partial charge on any atom is -0.381 e. The van der Waals surface area contributed by atoms with Gasteiger partial charge >= 0.3 is 0 Å². The molecule has 1 saturated carbocycles. The number of halogens is 2. The van der Waals surface area contributed by atoms with Crippen LogP contribution in [0.4, 0.5) is 5.69 Å². The van der Waals surface area contributed by atoms with E-state index in [1.54, 1.807) is 0 Å². The van der Waals surface area contributed by atoms with Crippen molar-refractivity contribution in [2.75, 3.05) is 11.9 Å². The van der Waals surface area contributed by atoms with Gasteiger partial charge < -0.3 is 10.6 Å². The van der Waals surface area contributed by atoms with Gasteiger partial charge in [-0.15, -0.1) is 0 Å². The van der Waals surface area contributed by atoms with Crippen LogP contribution in [0.15, 0.2) is 22.7 Å². The highest BCUT2D eigenvalue weighted by Crippen LogP contribution is 2.34. The number of hydrogen-bond acceptors (Lipinski definition) is 2. The number of anilines is 1. The van der Waals surface area contributed by atoms with Crippen molar-refractivity contribution in [3.63, 3.8) is 0 Å². The maximum absolute atomic E-state index is 6.35. The van der Waals surface area contributed by atoms with Crippen LogP contribution in [0, 0.1) is 5.92 Å². The van der Waals surface area contributed by atoms with Crippen molar-refractivity contribution < 1.29 is 0 Å². The van der Waals surface area contributed by atoms with E-state index in [1.807, 2.05) is 12.1 Å². The molecule has 0 bridgehead atoms. The van der Waals surface area contributed by atoms with E-state index in [0.29, 0.717) is 12.1 Å². The lowest BCUT2D eigenvalue weighted by molar-refractivity contribution is 0.217. The van der Waals surface area contributed by atoms with Crippen LogP contribution in [0.25, 0.3) is 0 Å². The molecule has 4 heteroatoms. The van der Waals surface area contributed by atoms with Crippen molar-refractivity contribution in [1.82, 2.24) is 5.32 Å². The molecule has 1 heterocycles. The molecule has 116 valence electrons. The Kier molecular flexibility index (Phi) is 5.47. The van der Waals surface area contributed by atoms with Gasteiger partial charge in [0.25, 0.3) is 0 Å². The Hall–Kier alpha value is -0.250. The quantitative estimate of drug-likeness (QED) is 0.761. The van der Waals surface area contributed by atoms with E-state index in [0.717, 1.165) is 21.1 Å². The molecule has 1 saturated heterocycles. The van der Waals surface area contributed by atoms with E-state index < -0.39 is 0 Å². The molecule has 0 amide bonds. The van der Waals surface area contributed by atoms with Crippen LogP contribution < -0.4 is 10.6 Å². The second-order valence-electron chi connectivity index (χ2n) is 6.38. The molecule has 2 fully saturated rings. The standard InChI is InChI=1S/C17H24BrClN2/c18-12-8-9-14(19)17(11-12)21-16-7-2-1-5-13(16)15-6-3-4-10-20-15/h8-9,11,13,15-16,20-21H,1-7,10H2. The average molecular weight is 372 g/mol. The Labute approximate surface area is 141 Å². The van der Waals surface area contributed by atoms with E-state index in [1.165, 1.54) is 51.5 Å². The third-order valence-electron chi connectivity index (χ3n) is 4.95. The largest absolute Gasteiger partial charge is 0.381 e. The molecule has 0 radical (unpaired) electrons. The lowest BCUT2D eigenvalue weighted by atomic mass is 9.77. The van der Waals surface area contributed by atoms with Crippen molar-refractivity contribution >= 4 is 33.2 Å². The van der Waals surface area contributed by atoms with Gasteiger partial charge in [-0.25, -0.2) is 0 Å². The summed E-state index contributed by atoms with van der Waals surface area (Å²) in [4.78, 5) is 0. The molecule has 1 aromatic carbocycles. The van der Waals surface area contributed by atoms with E-state index in [9.17, 15) is 0 Å². The third-order valence-corrected chi connectivity index (χ3v) is 5.78. The van der Waals surface area contributed by atoms with Gasteiger partial charge in [-0.2, -0.15) is 0 Å². The second kappa shape index (κ2) is 7.34. The van der Waals surface area contributed by atoms with Crippen LogP contribution >= 0.6 is 27.5 Å². The summed E-state index contributed by atoms with van der Waals surface area (Å²) >= 11 is 9.89. The highest BCUT2D eigenvalue weighted by Gasteiger charge is 2.32. The van der Waals surface area contributed by atoms with Crippen LogP contribution in [0.5, 0.6) is 0 Å². The average Bonchev–Trinajstić information content (AvgIpc) is 2.52. The second-order valence-corrected chi connectivity index (χ2v) is 7.70. The Morgan fingerprint density at radius 1 is 1.10 bits per heavy atom. The highest BCUT2D eigenvalue weighted by molar-refractivity contribution is 9.10. The third kappa shape index (κ3) is 3.94. The molecular formula is C17H24BrClN2. The molecule has 21 heavy (non-hydrogen) atoms. The van der Waals surface area contributed by atoms with Gasteiger partial charge in [0.2, 0.25) is 0 Å². The fourth-order valence-electron chi connectivity index (χ4n) is 3.87. The summed E-state index contributed by atoms with van der Waals surface area (Å²) in [5.41, 5.74) is 1.07. The van der Waals surface area contributed by atoms with Crippen molar-refractivity contribution in [1.29, 1.82) is 0 Å². The fourth-order valence-corrected chi connectivity index (χ4v) is 4.41. The number of nitrogens with one attached hydrogen (secondary N) is 2. The van der Waals surface area contributed by atoms with Gasteiger partial charge in [0.1, 0.15) is 0 Å². The Morgan fingerprint density at radius 2 is 1.90 bits per heavy atom. The van der Waals surface area contributed by atoms with Gasteiger partial charge in [-0.3, -0.25) is 0 Å². The summed E-state index contributed by atoms with van der Waals surface area (Å²) in [6.07, 6.45) is 9.32. The predicted octanol–water partition coefficient (Wildman–Crippen LogP) is 5.22. The van der Waals surface area contributed by atoms with E-state index in [2.05, 4.69) is 32.6 Å². The molecule has 1 aromatic rings. The first-order valence-corrected chi connectivity index (χ1v) is 9.36. The number of benzene rings is 1. The fraction of sp³-hybridized carbons (Fsp3) is 0.647. The first kappa shape index (κ1) is 15.6. The van der Waals surface area contributed by atoms with Gasteiger partial charge in [0.15, 0.2) is 0 Å². The Bertz CT molecular complexity index is 474. The normalized spacial score (nSPS) is 30.1. The summed E-state index contributed by atoms with van der Waals surface area (Å²) in [5, 5.41) is 8.30. The van der Waals surface area contributed by atoms with E-state index >= 15 is 0 Å². The molecule has 3 rings (SSSR count). The van der Waals surface area contributed by atoms with Crippen LogP contribution in [-0.2, 0) is 0 Å². The summed E-state index contributed by atoms with van der Waals surface area (Å²) in [7, 11) is 0. The maximum atomic E-state index is 6.35. The molecule has 0 spiro atoms. The maximum Gasteiger partial charge on any atom is 0.0638 e. The summed E-state index contributed by atoms with van der Waals surface area (Å²) < 4.78 is 1.08. The molecular weight excluding hydrogens is 348 g/mol.